The first-order chi connectivity index (χ1) is 37.0. The number of nitrogen functional groups attached to an aromatic ring is 1. The lowest BCUT2D eigenvalue weighted by molar-refractivity contribution is -0.106. The number of H-pyrrole nitrogens is 2. The summed E-state index contributed by atoms with van der Waals surface area (Å²) in [6.45, 7) is 22.7. The molecule has 21 nitrogen and oxygen atoms in total. The van der Waals surface area contributed by atoms with Crippen molar-refractivity contribution in [2.24, 2.45) is 0 Å². The lowest BCUT2D eigenvalue weighted by Crippen LogP contribution is -2.49. The van der Waals surface area contributed by atoms with E-state index >= 15 is 0 Å². The number of piperazine rings is 2. The normalized spacial score (nSPS) is 14.1. The topological polar surface area (TPSA) is 255 Å². The number of hydrogen-bond acceptors (Lipinski definition) is 17. The van der Waals surface area contributed by atoms with Crippen LogP contribution >= 0.6 is 15.2 Å². The summed E-state index contributed by atoms with van der Waals surface area (Å²) < 4.78 is 44.3. The second-order valence-electron chi connectivity index (χ2n) is 18.8. The van der Waals surface area contributed by atoms with Gasteiger partial charge in [0.2, 0.25) is 0 Å². The second-order valence-corrected chi connectivity index (χ2v) is 23.1. The summed E-state index contributed by atoms with van der Waals surface area (Å²) in [7, 11) is -6.18. The molecule has 0 aliphatic carbocycles. The molecule has 0 bridgehead atoms. The number of nitrogens with two attached hydrogens (primary N) is 1. The van der Waals surface area contributed by atoms with Crippen LogP contribution in [0.3, 0.4) is 0 Å². The summed E-state index contributed by atoms with van der Waals surface area (Å²) >= 11 is 0. The number of carbonyl (C=O) groups is 3. The highest BCUT2D eigenvalue weighted by molar-refractivity contribution is 7.54. The van der Waals surface area contributed by atoms with Crippen molar-refractivity contribution in [1.82, 2.24) is 29.7 Å². The molecule has 23 heteroatoms. The van der Waals surface area contributed by atoms with E-state index in [1.807, 2.05) is 88.9 Å². The third-order valence-electron chi connectivity index (χ3n) is 12.2. The standard InChI is InChI=1S/C27H39N6O4P.C21H26N6O.C6H13O4P/c1-5-36-38(35,37-6-2)17-12-28-22-9-10-23-21(18-22)19-25(31-23)27(34)33-15-13-32(14-16-33)26-24(30-20(3)4)8-7-11-29-26;1-14(2)24-18-4-3-7-23-20(18)26-8-10-27(11-9-26)21(28)19-13-15-12-16(22)5-6-17(15)25-19;1-3-9-11(8,6-5-7)10-4-2/h7-11,18-20,28,30-31H,5-6,12-17H2,1-4H3;3-7,12-14,24-25H,8-11,22H2,1-2H3;5H,3-4,6H2,1-2H3. The number of hydrogen-bond donors (Lipinski definition) is 6. The molecule has 77 heavy (non-hydrogen) atoms. The summed E-state index contributed by atoms with van der Waals surface area (Å²) in [6, 6.07) is 23.9. The molecule has 8 rings (SSSR count). The molecule has 2 aromatic carbocycles. The van der Waals surface area contributed by atoms with E-state index in [1.165, 1.54) is 0 Å². The van der Waals surface area contributed by atoms with Gasteiger partial charge in [0.05, 0.1) is 44.0 Å². The van der Waals surface area contributed by atoms with E-state index in [1.54, 1.807) is 27.7 Å². The smallest absolute Gasteiger partial charge is 0.337 e. The highest BCUT2D eigenvalue weighted by Crippen LogP contribution is 2.48. The number of benzene rings is 2. The van der Waals surface area contributed by atoms with Crippen molar-refractivity contribution in [3.05, 3.63) is 96.6 Å². The van der Waals surface area contributed by atoms with E-state index in [4.69, 9.17) is 23.8 Å². The molecule has 0 unspecified atom stereocenters. The third-order valence-corrected chi connectivity index (χ3v) is 16.2. The van der Waals surface area contributed by atoms with Crippen LogP contribution in [0, 0.1) is 0 Å². The molecule has 4 aromatic heterocycles. The molecule has 0 saturated carbocycles. The van der Waals surface area contributed by atoms with Gasteiger partial charge in [-0.3, -0.25) is 18.7 Å². The minimum Gasteiger partial charge on any atom is -0.399 e. The van der Waals surface area contributed by atoms with Crippen LogP contribution in [0.15, 0.2) is 85.2 Å². The van der Waals surface area contributed by atoms with Gasteiger partial charge in [-0.2, -0.15) is 0 Å². The average molecular weight is 1100 g/mol. The number of amides is 2. The van der Waals surface area contributed by atoms with Crippen molar-refractivity contribution in [2.45, 2.75) is 67.5 Å². The number of fused-ring (bicyclic) bond motifs is 2. The number of nitrogens with one attached hydrogen (secondary N) is 5. The lowest BCUT2D eigenvalue weighted by Gasteiger charge is -2.36. The first-order valence-electron chi connectivity index (χ1n) is 26.5. The summed E-state index contributed by atoms with van der Waals surface area (Å²) in [5.41, 5.74) is 12.5. The fraction of sp³-hybridized carbons (Fsp3) is 0.463. The molecule has 2 saturated heterocycles. The predicted octanol–water partition coefficient (Wildman–Crippen LogP) is 9.40. The molecule has 0 spiro atoms. The SMILES string of the molecule is CC(C)Nc1cccnc1N1CCN(C(=O)c2cc3cc(N)ccc3[nH]2)CC1.CCOP(=O)(CC=O)OCC.CCOP(=O)(CCNc1ccc2[nH]c(C(=O)N3CCN(c4ncccc4NC(C)C)CC3)cc2c1)OCC. The maximum Gasteiger partial charge on any atom is 0.337 e. The Bertz CT molecular complexity index is 2930. The maximum absolute atomic E-state index is 13.3. The molecule has 2 amide bonds. The molecule has 418 valence electrons. The minimum atomic E-state index is -3.09. The number of nitrogens with zero attached hydrogens (tertiary/aromatic N) is 6. The van der Waals surface area contributed by atoms with E-state index in [2.05, 4.69) is 79.4 Å². The van der Waals surface area contributed by atoms with E-state index < -0.39 is 15.2 Å². The van der Waals surface area contributed by atoms with Crippen LogP contribution in [0.5, 0.6) is 0 Å². The highest BCUT2D eigenvalue weighted by Gasteiger charge is 2.28. The molecular formula is C54H78N12O9P2. The number of rotatable bonds is 22. The second kappa shape index (κ2) is 28.8. The molecule has 7 N–H and O–H groups in total. The Hall–Kier alpha value is -6.47. The van der Waals surface area contributed by atoms with Gasteiger partial charge in [0.15, 0.2) is 11.6 Å². The van der Waals surface area contributed by atoms with Gasteiger partial charge in [0.25, 0.3) is 11.8 Å². The predicted molar refractivity (Wildman–Crippen MR) is 309 cm³/mol. The molecule has 6 aromatic rings. The molecule has 0 radical (unpaired) electrons. The monoisotopic (exact) mass is 1100 g/mol. The van der Waals surface area contributed by atoms with Crippen molar-refractivity contribution < 1.29 is 41.6 Å². The summed E-state index contributed by atoms with van der Waals surface area (Å²) in [5.74, 6) is 1.89. The van der Waals surface area contributed by atoms with Crippen molar-refractivity contribution >= 4 is 89.5 Å². The molecule has 2 aliphatic rings. The Morgan fingerprint density at radius 1 is 0.636 bits per heavy atom. The van der Waals surface area contributed by atoms with E-state index in [0.717, 1.165) is 76.7 Å². The van der Waals surface area contributed by atoms with Gasteiger partial charge in [-0.05, 0) is 128 Å². The van der Waals surface area contributed by atoms with Crippen LogP contribution in [0.4, 0.5) is 34.4 Å². The summed E-state index contributed by atoms with van der Waals surface area (Å²) in [6.07, 6.45) is 4.29. The van der Waals surface area contributed by atoms with Crippen molar-refractivity contribution in [1.29, 1.82) is 0 Å². The number of aldehydes is 1. The van der Waals surface area contributed by atoms with Gasteiger partial charge < -0.3 is 74.1 Å². The van der Waals surface area contributed by atoms with Gasteiger partial charge in [0, 0.05) is 117 Å². The van der Waals surface area contributed by atoms with Crippen molar-refractivity contribution in [2.75, 3.05) is 129 Å². The van der Waals surface area contributed by atoms with Gasteiger partial charge in [0.1, 0.15) is 23.8 Å². The largest absolute Gasteiger partial charge is 0.399 e. The fourth-order valence-electron chi connectivity index (χ4n) is 8.88. The van der Waals surface area contributed by atoms with E-state index in [0.29, 0.717) is 94.6 Å². The number of pyridine rings is 2. The number of aromatic nitrogens is 4. The number of carbonyl (C=O) groups excluding carboxylic acids is 3. The Balaban J connectivity index is 0.000000215. The van der Waals surface area contributed by atoms with Crippen molar-refractivity contribution in [3.8, 4) is 0 Å². The van der Waals surface area contributed by atoms with Gasteiger partial charge >= 0.3 is 15.2 Å². The van der Waals surface area contributed by atoms with Crippen LogP contribution < -0.4 is 31.5 Å². The Labute approximate surface area is 452 Å². The first-order valence-corrected chi connectivity index (χ1v) is 29.9. The summed E-state index contributed by atoms with van der Waals surface area (Å²) in [5, 5.41) is 12.1. The van der Waals surface area contributed by atoms with Gasteiger partial charge in [-0.25, -0.2) is 9.97 Å². The third kappa shape index (κ3) is 17.0. The van der Waals surface area contributed by atoms with Crippen molar-refractivity contribution in [3.63, 3.8) is 0 Å². The quantitative estimate of drug-likeness (QED) is 0.0210. The van der Waals surface area contributed by atoms with E-state index in [9.17, 15) is 23.5 Å². The van der Waals surface area contributed by atoms with E-state index in [-0.39, 0.29) is 24.1 Å². The molecule has 2 fully saturated rings. The Kier molecular flexibility index (Phi) is 22.3. The Morgan fingerprint density at radius 2 is 1.08 bits per heavy atom. The zero-order valence-electron chi connectivity index (χ0n) is 45.8. The van der Waals surface area contributed by atoms with Crippen LogP contribution in [0.2, 0.25) is 0 Å². The molecular weight excluding hydrogens is 1020 g/mol. The average Bonchev–Trinajstić information content (AvgIpc) is 4.04. The minimum absolute atomic E-state index is 0.00808. The Morgan fingerprint density at radius 3 is 1.52 bits per heavy atom. The zero-order valence-corrected chi connectivity index (χ0v) is 47.5. The van der Waals surface area contributed by atoms with Crippen LogP contribution in [0.1, 0.15) is 76.4 Å². The highest BCUT2D eigenvalue weighted by atomic mass is 31.2. The summed E-state index contributed by atoms with van der Waals surface area (Å²) in [4.78, 5) is 60.1. The number of aromatic amines is 2. The van der Waals surface area contributed by atoms with Crippen LogP contribution in [0.25, 0.3) is 21.8 Å². The molecule has 2 aliphatic heterocycles. The van der Waals surface area contributed by atoms with Crippen LogP contribution in [-0.4, -0.2) is 158 Å². The van der Waals surface area contributed by atoms with Gasteiger partial charge in [-0.15, -0.1) is 0 Å². The molecule has 6 heterocycles. The zero-order chi connectivity index (χ0) is 55.5. The van der Waals surface area contributed by atoms with Gasteiger partial charge in [-0.1, -0.05) is 0 Å². The molecule has 0 atom stereocenters. The maximum atomic E-state index is 13.3. The fourth-order valence-corrected chi connectivity index (χ4v) is 11.6. The van der Waals surface area contributed by atoms with Crippen LogP contribution in [-0.2, 0) is 32.0 Å². The lowest BCUT2D eigenvalue weighted by atomic mass is 10.2. The first kappa shape index (κ1) is 59.8. The number of anilines is 6.